The third kappa shape index (κ3) is 2.45. The van der Waals surface area contributed by atoms with Gasteiger partial charge in [-0.3, -0.25) is 9.89 Å². The van der Waals surface area contributed by atoms with Gasteiger partial charge in [-0.05, 0) is 11.6 Å². The number of carbonyl (C=O) groups excluding carboxylic acids is 1. The van der Waals surface area contributed by atoms with Crippen LogP contribution in [0.2, 0.25) is 0 Å². The molecule has 0 spiro atoms. The highest BCUT2D eigenvalue weighted by molar-refractivity contribution is 5.94. The molecule has 2 aromatic heterocycles. The number of carbonyl (C=O) groups is 1. The lowest BCUT2D eigenvalue weighted by Crippen LogP contribution is -2.25. The highest BCUT2D eigenvalue weighted by Gasteiger charge is 2.35. The van der Waals surface area contributed by atoms with Crippen molar-refractivity contribution in [1.29, 1.82) is 0 Å². The van der Waals surface area contributed by atoms with Gasteiger partial charge in [0.15, 0.2) is 5.82 Å². The lowest BCUT2D eigenvalue weighted by Gasteiger charge is -2.27. The van der Waals surface area contributed by atoms with Crippen LogP contribution < -0.4 is 10.1 Å². The zero-order valence-electron chi connectivity index (χ0n) is 13.2. The Morgan fingerprint density at radius 2 is 2.14 bits per heavy atom. The normalized spacial score (nSPS) is 17.8. The van der Waals surface area contributed by atoms with Gasteiger partial charge in [0, 0.05) is 41.3 Å². The van der Waals surface area contributed by atoms with E-state index in [0.717, 1.165) is 16.8 Å². The van der Waals surface area contributed by atoms with E-state index in [1.165, 1.54) is 0 Å². The minimum atomic E-state index is -0.0853. The Labute approximate surface area is 129 Å². The molecule has 1 amide bonds. The Hall–Kier alpha value is -2.37. The van der Waals surface area contributed by atoms with Crippen LogP contribution >= 0.6 is 0 Å². The summed E-state index contributed by atoms with van der Waals surface area (Å²) in [5.74, 6) is 1.10. The molecule has 0 radical (unpaired) electrons. The van der Waals surface area contributed by atoms with Gasteiger partial charge in [-0.1, -0.05) is 20.8 Å². The number of nitrogens with one attached hydrogen (secondary N) is 2. The molecule has 6 heteroatoms. The lowest BCUT2D eigenvalue weighted by molar-refractivity contribution is -0.116. The first-order valence-corrected chi connectivity index (χ1v) is 7.28. The molecule has 3 heterocycles. The standard InChI is InChI=1S/C16H20N4O2/c1-16(2,3)14-13-10(8-11(21)18-15(13)20-19-14)9-5-6-17-12(7-9)22-4/h5-7,10H,8H2,1-4H3,(H2,18,19,20,21). The average Bonchev–Trinajstić information content (AvgIpc) is 2.90. The Bertz CT molecular complexity index is 715. The van der Waals surface area contributed by atoms with Gasteiger partial charge in [-0.25, -0.2) is 4.98 Å². The van der Waals surface area contributed by atoms with Crippen molar-refractivity contribution in [3.63, 3.8) is 0 Å². The van der Waals surface area contributed by atoms with Crippen molar-refractivity contribution >= 4 is 11.7 Å². The van der Waals surface area contributed by atoms with Crippen molar-refractivity contribution in [2.24, 2.45) is 0 Å². The smallest absolute Gasteiger partial charge is 0.226 e. The van der Waals surface area contributed by atoms with Gasteiger partial charge < -0.3 is 10.1 Å². The van der Waals surface area contributed by atoms with E-state index in [9.17, 15) is 4.79 Å². The van der Waals surface area contributed by atoms with Gasteiger partial charge in [-0.2, -0.15) is 5.10 Å². The third-order valence-corrected chi connectivity index (χ3v) is 3.92. The second-order valence-corrected chi connectivity index (χ2v) is 6.55. The quantitative estimate of drug-likeness (QED) is 0.893. The van der Waals surface area contributed by atoms with E-state index < -0.39 is 0 Å². The van der Waals surface area contributed by atoms with E-state index in [2.05, 4.69) is 41.3 Å². The van der Waals surface area contributed by atoms with Crippen molar-refractivity contribution in [3.8, 4) is 5.88 Å². The van der Waals surface area contributed by atoms with E-state index in [1.807, 2.05) is 12.1 Å². The maximum Gasteiger partial charge on any atom is 0.226 e. The summed E-state index contributed by atoms with van der Waals surface area (Å²) >= 11 is 0. The molecular weight excluding hydrogens is 280 g/mol. The zero-order valence-corrected chi connectivity index (χ0v) is 13.2. The maximum atomic E-state index is 12.0. The van der Waals surface area contributed by atoms with Gasteiger partial charge in [0.2, 0.25) is 11.8 Å². The SMILES string of the molecule is COc1cc(C2CC(=O)Nc3n[nH]c(C(C)(C)C)c32)ccn1. The number of aromatic amines is 1. The summed E-state index contributed by atoms with van der Waals surface area (Å²) in [6.45, 7) is 6.38. The van der Waals surface area contributed by atoms with Gasteiger partial charge in [0.25, 0.3) is 0 Å². The first-order chi connectivity index (χ1) is 10.4. The third-order valence-electron chi connectivity index (χ3n) is 3.92. The molecule has 1 aliphatic rings. The second kappa shape index (κ2) is 5.12. The van der Waals surface area contributed by atoms with Crippen LogP contribution in [0.1, 0.15) is 49.9 Å². The average molecular weight is 300 g/mol. The van der Waals surface area contributed by atoms with Crippen molar-refractivity contribution in [2.75, 3.05) is 12.4 Å². The molecule has 1 unspecified atom stereocenters. The summed E-state index contributed by atoms with van der Waals surface area (Å²) in [4.78, 5) is 16.2. The van der Waals surface area contributed by atoms with Crippen LogP contribution in [-0.4, -0.2) is 28.2 Å². The Kier molecular flexibility index (Phi) is 3.39. The summed E-state index contributed by atoms with van der Waals surface area (Å²) in [7, 11) is 1.59. The van der Waals surface area contributed by atoms with Crippen LogP contribution in [-0.2, 0) is 10.2 Å². The summed E-state index contributed by atoms with van der Waals surface area (Å²) in [5.41, 5.74) is 3.02. The van der Waals surface area contributed by atoms with Gasteiger partial charge >= 0.3 is 0 Å². The molecule has 0 bridgehead atoms. The fourth-order valence-corrected chi connectivity index (χ4v) is 2.87. The summed E-state index contributed by atoms with van der Waals surface area (Å²) in [6.07, 6.45) is 2.10. The van der Waals surface area contributed by atoms with Crippen LogP contribution in [0.15, 0.2) is 18.3 Å². The molecule has 2 N–H and O–H groups in total. The summed E-state index contributed by atoms with van der Waals surface area (Å²) in [6, 6.07) is 3.81. The molecule has 0 saturated carbocycles. The molecular formula is C16H20N4O2. The molecule has 0 saturated heterocycles. The molecule has 1 atom stereocenters. The number of anilines is 1. The number of hydrogen-bond donors (Lipinski definition) is 2. The molecule has 0 aliphatic carbocycles. The number of hydrogen-bond acceptors (Lipinski definition) is 4. The highest BCUT2D eigenvalue weighted by atomic mass is 16.5. The predicted octanol–water partition coefficient (Wildman–Crippen LogP) is 2.58. The van der Waals surface area contributed by atoms with E-state index >= 15 is 0 Å². The molecule has 22 heavy (non-hydrogen) atoms. The molecule has 0 aromatic carbocycles. The second-order valence-electron chi connectivity index (χ2n) is 6.55. The zero-order chi connectivity index (χ0) is 15.9. The number of rotatable bonds is 2. The largest absolute Gasteiger partial charge is 0.481 e. The topological polar surface area (TPSA) is 79.9 Å². The van der Waals surface area contributed by atoms with Crippen LogP contribution in [0, 0.1) is 0 Å². The van der Waals surface area contributed by atoms with Crippen molar-refractivity contribution < 1.29 is 9.53 Å². The molecule has 2 aromatic rings. The first kappa shape index (κ1) is 14.6. The van der Waals surface area contributed by atoms with Gasteiger partial charge in [0.1, 0.15) is 0 Å². The van der Waals surface area contributed by atoms with Crippen LogP contribution in [0.5, 0.6) is 5.88 Å². The van der Waals surface area contributed by atoms with E-state index in [-0.39, 0.29) is 17.2 Å². The first-order valence-electron chi connectivity index (χ1n) is 7.28. The predicted molar refractivity (Wildman–Crippen MR) is 83.2 cm³/mol. The minimum absolute atomic E-state index is 0.0276. The number of H-pyrrole nitrogens is 1. The van der Waals surface area contributed by atoms with E-state index in [1.54, 1.807) is 13.3 Å². The number of ether oxygens (including phenoxy) is 1. The highest BCUT2D eigenvalue weighted by Crippen LogP contribution is 2.41. The molecule has 1 aliphatic heterocycles. The Morgan fingerprint density at radius 3 is 2.82 bits per heavy atom. The minimum Gasteiger partial charge on any atom is -0.481 e. The summed E-state index contributed by atoms with van der Waals surface area (Å²) < 4.78 is 5.20. The van der Waals surface area contributed by atoms with Crippen LogP contribution in [0.3, 0.4) is 0 Å². The van der Waals surface area contributed by atoms with Gasteiger partial charge in [-0.15, -0.1) is 0 Å². The number of nitrogens with zero attached hydrogens (tertiary/aromatic N) is 2. The van der Waals surface area contributed by atoms with E-state index in [0.29, 0.717) is 18.1 Å². The number of aromatic nitrogens is 3. The monoisotopic (exact) mass is 300 g/mol. The van der Waals surface area contributed by atoms with Gasteiger partial charge in [0.05, 0.1) is 7.11 Å². The fourth-order valence-electron chi connectivity index (χ4n) is 2.87. The Balaban J connectivity index is 2.14. The van der Waals surface area contributed by atoms with Crippen LogP contribution in [0.25, 0.3) is 0 Å². The Morgan fingerprint density at radius 1 is 1.36 bits per heavy atom. The molecule has 6 nitrogen and oxygen atoms in total. The maximum absolute atomic E-state index is 12.0. The summed E-state index contributed by atoms with van der Waals surface area (Å²) in [5, 5.41) is 10.2. The van der Waals surface area contributed by atoms with Crippen molar-refractivity contribution in [3.05, 3.63) is 35.2 Å². The van der Waals surface area contributed by atoms with Crippen LogP contribution in [0.4, 0.5) is 5.82 Å². The lowest BCUT2D eigenvalue weighted by atomic mass is 9.80. The van der Waals surface area contributed by atoms with E-state index in [4.69, 9.17) is 4.74 Å². The fraction of sp³-hybridized carbons (Fsp3) is 0.438. The molecule has 116 valence electrons. The molecule has 3 rings (SSSR count). The number of pyridine rings is 1. The number of fused-ring (bicyclic) bond motifs is 1. The van der Waals surface area contributed by atoms with Crippen molar-refractivity contribution in [1.82, 2.24) is 15.2 Å². The number of amides is 1. The number of methoxy groups -OCH3 is 1. The molecule has 0 fully saturated rings. The van der Waals surface area contributed by atoms with Crippen molar-refractivity contribution in [2.45, 2.75) is 38.5 Å².